The molecule has 1 aromatic heterocycles. The zero-order chi connectivity index (χ0) is 12.5. The fourth-order valence-electron chi connectivity index (χ4n) is 2.28. The Bertz CT molecular complexity index is 382. The molecule has 1 aliphatic heterocycles. The summed E-state index contributed by atoms with van der Waals surface area (Å²) in [5, 5.41) is 1.14. The largest absolute Gasteiger partial charge is 0.319 e. The molecule has 0 radical (unpaired) electrons. The predicted octanol–water partition coefficient (Wildman–Crippen LogP) is 2.50. The van der Waals surface area contributed by atoms with Gasteiger partial charge in [0.25, 0.3) is 0 Å². The van der Waals surface area contributed by atoms with Crippen LogP contribution < -0.4 is 5.73 Å². The van der Waals surface area contributed by atoms with Crippen LogP contribution in [-0.2, 0) is 18.5 Å². The van der Waals surface area contributed by atoms with Crippen molar-refractivity contribution in [2.75, 3.05) is 13.1 Å². The second-order valence-corrected chi connectivity index (χ2v) is 5.95. The molecular formula is C13H23N3S. The second kappa shape index (κ2) is 5.04. The maximum Gasteiger partial charge on any atom is 0.113 e. The Balaban J connectivity index is 2.26. The first-order valence-electron chi connectivity index (χ1n) is 6.63. The van der Waals surface area contributed by atoms with Crippen molar-refractivity contribution in [2.45, 2.75) is 52.1 Å². The molecule has 0 spiro atoms. The maximum atomic E-state index is 6.43. The SMILES string of the molecule is CCN1CCc2nc(C(N)(CC)CC)sc2C1. The van der Waals surface area contributed by atoms with E-state index in [0.29, 0.717) is 0 Å². The standard InChI is InChI=1S/C13H23N3S/c1-4-13(14,5-2)12-15-10-7-8-16(6-3)9-11(10)17-12/h4-9,14H2,1-3H3. The predicted molar refractivity (Wildman–Crippen MR) is 73.2 cm³/mol. The first-order valence-corrected chi connectivity index (χ1v) is 7.44. The van der Waals surface area contributed by atoms with Crippen LogP contribution >= 0.6 is 11.3 Å². The van der Waals surface area contributed by atoms with Crippen molar-refractivity contribution in [3.8, 4) is 0 Å². The van der Waals surface area contributed by atoms with Gasteiger partial charge in [-0.1, -0.05) is 20.8 Å². The third-order valence-corrected chi connectivity index (χ3v) is 5.25. The summed E-state index contributed by atoms with van der Waals surface area (Å²) in [6, 6.07) is 0. The van der Waals surface area contributed by atoms with Crippen LogP contribution in [0, 0.1) is 0 Å². The summed E-state index contributed by atoms with van der Waals surface area (Å²) < 4.78 is 0. The van der Waals surface area contributed by atoms with Crippen molar-refractivity contribution in [3.05, 3.63) is 15.6 Å². The van der Waals surface area contributed by atoms with Gasteiger partial charge in [-0.15, -0.1) is 11.3 Å². The summed E-state index contributed by atoms with van der Waals surface area (Å²) in [4.78, 5) is 8.71. The molecule has 0 amide bonds. The molecule has 0 fully saturated rings. The molecule has 0 bridgehead atoms. The van der Waals surface area contributed by atoms with Crippen LogP contribution in [0.5, 0.6) is 0 Å². The van der Waals surface area contributed by atoms with Crippen molar-refractivity contribution in [1.29, 1.82) is 0 Å². The highest BCUT2D eigenvalue weighted by molar-refractivity contribution is 7.11. The van der Waals surface area contributed by atoms with Gasteiger partial charge in [-0.3, -0.25) is 4.90 Å². The number of fused-ring (bicyclic) bond motifs is 1. The van der Waals surface area contributed by atoms with Gasteiger partial charge >= 0.3 is 0 Å². The molecule has 0 saturated carbocycles. The number of hydrogen-bond donors (Lipinski definition) is 1. The Morgan fingerprint density at radius 1 is 1.35 bits per heavy atom. The van der Waals surface area contributed by atoms with Gasteiger partial charge in [-0.25, -0.2) is 4.98 Å². The van der Waals surface area contributed by atoms with E-state index in [2.05, 4.69) is 25.7 Å². The Morgan fingerprint density at radius 2 is 2.06 bits per heavy atom. The Kier molecular flexibility index (Phi) is 3.85. The van der Waals surface area contributed by atoms with E-state index in [1.165, 1.54) is 10.6 Å². The van der Waals surface area contributed by atoms with Gasteiger partial charge in [-0.2, -0.15) is 0 Å². The lowest BCUT2D eigenvalue weighted by Crippen LogP contribution is -2.35. The Morgan fingerprint density at radius 3 is 2.65 bits per heavy atom. The molecule has 17 heavy (non-hydrogen) atoms. The maximum absolute atomic E-state index is 6.43. The van der Waals surface area contributed by atoms with Crippen LogP contribution in [0.25, 0.3) is 0 Å². The molecule has 1 aromatic rings. The van der Waals surface area contributed by atoms with E-state index in [9.17, 15) is 0 Å². The van der Waals surface area contributed by atoms with Crippen LogP contribution in [0.4, 0.5) is 0 Å². The molecule has 0 atom stereocenters. The van der Waals surface area contributed by atoms with Gasteiger partial charge in [0.2, 0.25) is 0 Å². The number of likely N-dealkylation sites (N-methyl/N-ethyl adjacent to an activating group) is 1. The molecule has 96 valence electrons. The minimum absolute atomic E-state index is 0.209. The molecular weight excluding hydrogens is 230 g/mol. The van der Waals surface area contributed by atoms with Crippen LogP contribution in [-0.4, -0.2) is 23.0 Å². The van der Waals surface area contributed by atoms with Crippen molar-refractivity contribution < 1.29 is 0 Å². The van der Waals surface area contributed by atoms with E-state index in [1.807, 2.05) is 11.3 Å². The lowest BCUT2D eigenvalue weighted by molar-refractivity contribution is 0.269. The Labute approximate surface area is 108 Å². The summed E-state index contributed by atoms with van der Waals surface area (Å²) >= 11 is 1.83. The van der Waals surface area contributed by atoms with Gasteiger partial charge in [0, 0.05) is 24.4 Å². The van der Waals surface area contributed by atoms with Crippen LogP contribution in [0.2, 0.25) is 0 Å². The van der Waals surface area contributed by atoms with Crippen molar-refractivity contribution in [1.82, 2.24) is 9.88 Å². The first-order chi connectivity index (χ1) is 8.12. The third-order valence-electron chi connectivity index (χ3n) is 3.95. The fraction of sp³-hybridized carbons (Fsp3) is 0.769. The van der Waals surface area contributed by atoms with E-state index >= 15 is 0 Å². The number of rotatable bonds is 4. The highest BCUT2D eigenvalue weighted by Gasteiger charge is 2.29. The molecule has 0 aromatic carbocycles. The van der Waals surface area contributed by atoms with Crippen molar-refractivity contribution in [3.63, 3.8) is 0 Å². The molecule has 2 heterocycles. The zero-order valence-electron chi connectivity index (χ0n) is 11.1. The monoisotopic (exact) mass is 253 g/mol. The molecule has 1 aliphatic rings. The molecule has 0 aliphatic carbocycles. The molecule has 2 rings (SSSR count). The fourth-order valence-corrected chi connectivity index (χ4v) is 3.68. The van der Waals surface area contributed by atoms with Crippen LogP contribution in [0.15, 0.2) is 0 Å². The third kappa shape index (κ3) is 2.39. The van der Waals surface area contributed by atoms with Gasteiger partial charge < -0.3 is 5.73 Å². The number of nitrogens with zero attached hydrogens (tertiary/aromatic N) is 2. The topological polar surface area (TPSA) is 42.2 Å². The van der Waals surface area contributed by atoms with E-state index < -0.39 is 0 Å². The molecule has 2 N–H and O–H groups in total. The average molecular weight is 253 g/mol. The molecule has 4 heteroatoms. The van der Waals surface area contributed by atoms with Gasteiger partial charge in [-0.05, 0) is 19.4 Å². The van der Waals surface area contributed by atoms with E-state index in [4.69, 9.17) is 10.7 Å². The van der Waals surface area contributed by atoms with Gasteiger partial charge in [0.15, 0.2) is 0 Å². The van der Waals surface area contributed by atoms with Crippen molar-refractivity contribution in [2.24, 2.45) is 5.73 Å². The van der Waals surface area contributed by atoms with Gasteiger partial charge in [0.1, 0.15) is 5.01 Å². The summed E-state index contributed by atoms with van der Waals surface area (Å²) in [5.74, 6) is 0. The van der Waals surface area contributed by atoms with E-state index in [0.717, 1.165) is 43.9 Å². The normalized spacial score (nSPS) is 17.2. The second-order valence-electron chi connectivity index (χ2n) is 4.87. The summed E-state index contributed by atoms with van der Waals surface area (Å²) in [6.45, 7) is 9.86. The zero-order valence-corrected chi connectivity index (χ0v) is 11.9. The number of nitrogens with two attached hydrogens (primary N) is 1. The summed E-state index contributed by atoms with van der Waals surface area (Å²) in [5.41, 5.74) is 7.52. The molecule has 0 unspecified atom stereocenters. The van der Waals surface area contributed by atoms with Crippen molar-refractivity contribution >= 4 is 11.3 Å². The Hall–Kier alpha value is -0.450. The number of thiazole rings is 1. The summed E-state index contributed by atoms with van der Waals surface area (Å²) in [7, 11) is 0. The van der Waals surface area contributed by atoms with Crippen LogP contribution in [0.1, 0.15) is 49.2 Å². The smallest absolute Gasteiger partial charge is 0.113 e. The van der Waals surface area contributed by atoms with E-state index in [-0.39, 0.29) is 5.54 Å². The number of hydrogen-bond acceptors (Lipinski definition) is 4. The minimum atomic E-state index is -0.209. The highest BCUT2D eigenvalue weighted by Crippen LogP contribution is 2.33. The minimum Gasteiger partial charge on any atom is -0.319 e. The number of aromatic nitrogens is 1. The van der Waals surface area contributed by atoms with E-state index in [1.54, 1.807) is 0 Å². The average Bonchev–Trinajstić information content (AvgIpc) is 2.80. The first kappa shape index (κ1) is 13.0. The van der Waals surface area contributed by atoms with Crippen LogP contribution in [0.3, 0.4) is 0 Å². The van der Waals surface area contributed by atoms with Gasteiger partial charge in [0.05, 0.1) is 11.2 Å². The molecule has 3 nitrogen and oxygen atoms in total. The molecule has 0 saturated heterocycles. The summed E-state index contributed by atoms with van der Waals surface area (Å²) in [6.07, 6.45) is 3.02. The quantitative estimate of drug-likeness (QED) is 0.896. The lowest BCUT2D eigenvalue weighted by atomic mass is 9.95. The lowest BCUT2D eigenvalue weighted by Gasteiger charge is -2.23. The highest BCUT2D eigenvalue weighted by atomic mass is 32.1.